The van der Waals surface area contributed by atoms with Crippen LogP contribution >= 0.6 is 0 Å². The maximum Gasteiger partial charge on any atom is 0.119 e. The van der Waals surface area contributed by atoms with Crippen molar-refractivity contribution >= 4 is 0 Å². The second-order valence-corrected chi connectivity index (χ2v) is 4.41. The zero-order chi connectivity index (χ0) is 12.5. The minimum Gasteiger partial charge on any atom is -0.491 e. The molecule has 0 aliphatic rings. The number of ether oxygens (including phenoxy) is 1. The molecule has 1 rings (SSSR count). The first-order valence-corrected chi connectivity index (χ1v) is 6.43. The summed E-state index contributed by atoms with van der Waals surface area (Å²) in [6.45, 7) is 6.23. The van der Waals surface area contributed by atoms with Gasteiger partial charge in [0.25, 0.3) is 0 Å². The molecule has 92 valence electrons. The molecule has 1 heteroatoms. The molecule has 1 nitrogen and oxygen atoms in total. The van der Waals surface area contributed by atoms with Gasteiger partial charge in [0, 0.05) is 12.8 Å². The van der Waals surface area contributed by atoms with Crippen molar-refractivity contribution in [3.05, 3.63) is 29.8 Å². The van der Waals surface area contributed by atoms with Crippen molar-refractivity contribution in [1.82, 2.24) is 0 Å². The molecule has 0 aliphatic carbocycles. The molecule has 0 radical (unpaired) electrons. The van der Waals surface area contributed by atoms with E-state index in [0.717, 1.165) is 31.4 Å². The van der Waals surface area contributed by atoms with E-state index in [4.69, 9.17) is 4.74 Å². The Morgan fingerprint density at radius 1 is 1.06 bits per heavy atom. The van der Waals surface area contributed by atoms with Gasteiger partial charge in [-0.1, -0.05) is 19.1 Å². The summed E-state index contributed by atoms with van der Waals surface area (Å²) in [5, 5.41) is 0. The summed E-state index contributed by atoms with van der Waals surface area (Å²) in [5.41, 5.74) is 1.33. The third-order valence-electron chi connectivity index (χ3n) is 2.33. The minimum atomic E-state index is 0.237. The van der Waals surface area contributed by atoms with E-state index in [1.165, 1.54) is 5.56 Å². The predicted molar refractivity (Wildman–Crippen MR) is 73.2 cm³/mol. The van der Waals surface area contributed by atoms with Gasteiger partial charge in [-0.2, -0.15) is 0 Å². The number of hydrogen-bond donors (Lipinski definition) is 0. The van der Waals surface area contributed by atoms with Gasteiger partial charge in [-0.15, -0.1) is 11.8 Å². The average molecular weight is 230 g/mol. The lowest BCUT2D eigenvalue weighted by atomic mass is 10.1. The molecule has 17 heavy (non-hydrogen) atoms. The Bertz CT molecular complexity index is 365. The molecule has 0 amide bonds. The first-order chi connectivity index (χ1) is 8.22. The van der Waals surface area contributed by atoms with E-state index in [2.05, 4.69) is 30.9 Å². The van der Waals surface area contributed by atoms with Crippen LogP contribution in [-0.4, -0.2) is 6.10 Å². The molecule has 0 aromatic heterocycles. The quantitative estimate of drug-likeness (QED) is 0.688. The lowest BCUT2D eigenvalue weighted by Gasteiger charge is -2.09. The second kappa shape index (κ2) is 7.79. The molecule has 0 bridgehead atoms. The maximum atomic E-state index is 5.60. The number of hydrogen-bond acceptors (Lipinski definition) is 1. The van der Waals surface area contributed by atoms with Gasteiger partial charge in [-0.3, -0.25) is 0 Å². The molecule has 1 aromatic carbocycles. The topological polar surface area (TPSA) is 9.23 Å². The molecule has 0 N–H and O–H groups in total. The molecule has 0 fully saturated rings. The average Bonchev–Trinajstić information content (AvgIpc) is 2.30. The summed E-state index contributed by atoms with van der Waals surface area (Å²) in [5.74, 6) is 7.31. The minimum absolute atomic E-state index is 0.237. The van der Waals surface area contributed by atoms with E-state index in [9.17, 15) is 0 Å². The summed E-state index contributed by atoms with van der Waals surface area (Å²) in [6, 6.07) is 8.32. The molecule has 0 unspecified atom stereocenters. The standard InChI is InChI=1S/C16H22O/c1-4-5-6-7-8-9-15-10-12-16(13-11-15)17-14(2)3/h10-14H,4-5,8-9H2,1-3H3. The highest BCUT2D eigenvalue weighted by atomic mass is 16.5. The summed E-state index contributed by atoms with van der Waals surface area (Å²) in [7, 11) is 0. The lowest BCUT2D eigenvalue weighted by Crippen LogP contribution is -2.05. The lowest BCUT2D eigenvalue weighted by molar-refractivity contribution is 0.242. The van der Waals surface area contributed by atoms with Crippen LogP contribution in [0.2, 0.25) is 0 Å². The highest BCUT2D eigenvalue weighted by Crippen LogP contribution is 2.14. The molecule has 0 aliphatic heterocycles. The highest BCUT2D eigenvalue weighted by molar-refractivity contribution is 5.27. The Morgan fingerprint density at radius 2 is 1.71 bits per heavy atom. The SMILES string of the molecule is CCCC#CCCc1ccc(OC(C)C)cc1. The fourth-order valence-electron chi connectivity index (χ4n) is 1.52. The summed E-state index contributed by atoms with van der Waals surface area (Å²) >= 11 is 0. The fraction of sp³-hybridized carbons (Fsp3) is 0.500. The molecular weight excluding hydrogens is 208 g/mol. The second-order valence-electron chi connectivity index (χ2n) is 4.41. The first-order valence-electron chi connectivity index (χ1n) is 6.43. The Balaban J connectivity index is 2.38. The van der Waals surface area contributed by atoms with Crippen molar-refractivity contribution in [2.75, 3.05) is 0 Å². The van der Waals surface area contributed by atoms with Crippen molar-refractivity contribution < 1.29 is 4.74 Å². The van der Waals surface area contributed by atoms with Gasteiger partial charge in [0.15, 0.2) is 0 Å². The highest BCUT2D eigenvalue weighted by Gasteiger charge is 1.97. The van der Waals surface area contributed by atoms with Crippen LogP contribution in [0.4, 0.5) is 0 Å². The zero-order valence-electron chi connectivity index (χ0n) is 11.1. The van der Waals surface area contributed by atoms with E-state index in [1.807, 2.05) is 26.0 Å². The smallest absolute Gasteiger partial charge is 0.119 e. The monoisotopic (exact) mass is 230 g/mol. The third-order valence-corrected chi connectivity index (χ3v) is 2.33. The summed E-state index contributed by atoms with van der Waals surface area (Å²) < 4.78 is 5.60. The van der Waals surface area contributed by atoms with Crippen molar-refractivity contribution in [3.63, 3.8) is 0 Å². The van der Waals surface area contributed by atoms with Gasteiger partial charge < -0.3 is 4.74 Å². The van der Waals surface area contributed by atoms with Gasteiger partial charge in [0.2, 0.25) is 0 Å². The molecule has 0 spiro atoms. The van der Waals surface area contributed by atoms with Crippen LogP contribution in [0, 0.1) is 11.8 Å². The van der Waals surface area contributed by atoms with Crippen LogP contribution in [0.25, 0.3) is 0 Å². The Morgan fingerprint density at radius 3 is 2.29 bits per heavy atom. The normalized spacial score (nSPS) is 9.88. The zero-order valence-corrected chi connectivity index (χ0v) is 11.1. The summed E-state index contributed by atoms with van der Waals surface area (Å²) in [4.78, 5) is 0. The largest absolute Gasteiger partial charge is 0.491 e. The van der Waals surface area contributed by atoms with Crippen LogP contribution in [-0.2, 0) is 6.42 Å². The number of unbranched alkanes of at least 4 members (excludes halogenated alkanes) is 1. The molecule has 0 saturated carbocycles. The summed E-state index contributed by atoms with van der Waals surface area (Å²) in [6.07, 6.45) is 4.37. The van der Waals surface area contributed by atoms with Gasteiger partial charge in [0.05, 0.1) is 6.10 Å². The molecular formula is C16H22O. The van der Waals surface area contributed by atoms with E-state index in [0.29, 0.717) is 0 Å². The van der Waals surface area contributed by atoms with Gasteiger partial charge >= 0.3 is 0 Å². The first kappa shape index (κ1) is 13.6. The Hall–Kier alpha value is -1.42. The van der Waals surface area contributed by atoms with Crippen LogP contribution in [0.15, 0.2) is 24.3 Å². The van der Waals surface area contributed by atoms with Crippen molar-refractivity contribution in [3.8, 4) is 17.6 Å². The number of rotatable bonds is 5. The molecule has 0 heterocycles. The molecule has 1 aromatic rings. The van der Waals surface area contributed by atoms with Crippen LogP contribution < -0.4 is 4.74 Å². The Kier molecular flexibility index (Phi) is 6.25. The molecule has 0 saturated heterocycles. The van der Waals surface area contributed by atoms with Crippen molar-refractivity contribution in [1.29, 1.82) is 0 Å². The molecule has 0 atom stereocenters. The van der Waals surface area contributed by atoms with Crippen molar-refractivity contribution in [2.24, 2.45) is 0 Å². The third kappa shape index (κ3) is 6.02. The van der Waals surface area contributed by atoms with Crippen LogP contribution in [0.3, 0.4) is 0 Å². The van der Waals surface area contributed by atoms with E-state index < -0.39 is 0 Å². The van der Waals surface area contributed by atoms with Crippen LogP contribution in [0.5, 0.6) is 5.75 Å². The van der Waals surface area contributed by atoms with E-state index in [1.54, 1.807) is 0 Å². The fourth-order valence-corrected chi connectivity index (χ4v) is 1.52. The van der Waals surface area contributed by atoms with Gasteiger partial charge in [-0.05, 0) is 44.4 Å². The predicted octanol–water partition coefficient (Wildman–Crippen LogP) is 4.21. The van der Waals surface area contributed by atoms with Crippen molar-refractivity contribution in [2.45, 2.75) is 52.6 Å². The van der Waals surface area contributed by atoms with E-state index >= 15 is 0 Å². The van der Waals surface area contributed by atoms with Gasteiger partial charge in [-0.25, -0.2) is 0 Å². The van der Waals surface area contributed by atoms with Gasteiger partial charge in [0.1, 0.15) is 5.75 Å². The Labute approximate surface area is 105 Å². The maximum absolute atomic E-state index is 5.60. The number of aryl methyl sites for hydroxylation is 1. The van der Waals surface area contributed by atoms with Crippen LogP contribution in [0.1, 0.15) is 45.6 Å². The van der Waals surface area contributed by atoms with E-state index in [-0.39, 0.29) is 6.10 Å². The number of benzene rings is 1.